The van der Waals surface area contributed by atoms with Crippen LogP contribution < -0.4 is 10.1 Å². The van der Waals surface area contributed by atoms with E-state index in [0.717, 1.165) is 33.4 Å². The average molecular weight is 493 g/mol. The molecule has 8 heteroatoms. The molecule has 0 aliphatic carbocycles. The summed E-state index contributed by atoms with van der Waals surface area (Å²) in [6, 6.07) is 22.1. The van der Waals surface area contributed by atoms with Crippen LogP contribution in [0.25, 0.3) is 6.08 Å². The predicted octanol–water partition coefficient (Wildman–Crippen LogP) is 5.90. The van der Waals surface area contributed by atoms with Crippen LogP contribution in [0.5, 0.6) is 5.75 Å². The SMILES string of the molecule is Cc1ccc(NC(=O)CN2C(=O)S/C(=C/c3cccc(OCc4ccccc4)c3)C2=O)cc1Cl. The third kappa shape index (κ3) is 5.87. The van der Waals surface area contributed by atoms with Crippen LogP contribution in [0.4, 0.5) is 10.5 Å². The zero-order valence-corrected chi connectivity index (χ0v) is 19.9. The molecule has 0 unspecified atom stereocenters. The maximum Gasteiger partial charge on any atom is 0.294 e. The van der Waals surface area contributed by atoms with E-state index in [1.54, 1.807) is 30.3 Å². The molecule has 1 aliphatic rings. The highest BCUT2D eigenvalue weighted by molar-refractivity contribution is 8.18. The number of hydrogen-bond acceptors (Lipinski definition) is 5. The van der Waals surface area contributed by atoms with Gasteiger partial charge in [0.15, 0.2) is 0 Å². The Morgan fingerprint density at radius 2 is 1.85 bits per heavy atom. The average Bonchev–Trinajstić information content (AvgIpc) is 3.08. The van der Waals surface area contributed by atoms with Crippen LogP contribution in [0.3, 0.4) is 0 Å². The number of aryl methyl sites for hydroxylation is 1. The molecule has 0 bridgehead atoms. The van der Waals surface area contributed by atoms with E-state index >= 15 is 0 Å². The normalized spacial score (nSPS) is 14.5. The van der Waals surface area contributed by atoms with Crippen LogP contribution in [-0.2, 0) is 16.2 Å². The minimum absolute atomic E-state index is 0.247. The first-order chi connectivity index (χ1) is 16.4. The molecule has 34 heavy (non-hydrogen) atoms. The highest BCUT2D eigenvalue weighted by Crippen LogP contribution is 2.32. The van der Waals surface area contributed by atoms with Crippen molar-refractivity contribution in [3.05, 3.63) is 99.4 Å². The summed E-state index contributed by atoms with van der Waals surface area (Å²) in [5, 5.41) is 2.68. The molecule has 1 saturated heterocycles. The molecule has 0 saturated carbocycles. The monoisotopic (exact) mass is 492 g/mol. The lowest BCUT2D eigenvalue weighted by Crippen LogP contribution is -2.36. The highest BCUT2D eigenvalue weighted by atomic mass is 35.5. The lowest BCUT2D eigenvalue weighted by molar-refractivity contribution is -0.127. The number of amides is 3. The standard InChI is InChI=1S/C26H21ClN2O4S/c1-17-10-11-20(14-22(17)27)28-24(30)15-29-25(31)23(34-26(29)32)13-19-8-5-9-21(12-19)33-16-18-6-3-2-4-7-18/h2-14H,15-16H2,1H3,(H,28,30)/b23-13+. The fourth-order valence-corrected chi connectivity index (χ4v) is 4.26. The lowest BCUT2D eigenvalue weighted by atomic mass is 10.2. The van der Waals surface area contributed by atoms with Crippen molar-refractivity contribution in [3.63, 3.8) is 0 Å². The van der Waals surface area contributed by atoms with E-state index < -0.39 is 17.1 Å². The number of hydrogen-bond donors (Lipinski definition) is 1. The van der Waals surface area contributed by atoms with Crippen molar-refractivity contribution in [2.45, 2.75) is 13.5 Å². The summed E-state index contributed by atoms with van der Waals surface area (Å²) in [5.74, 6) is -0.351. The molecule has 0 spiro atoms. The van der Waals surface area contributed by atoms with E-state index in [2.05, 4.69) is 5.32 Å². The van der Waals surface area contributed by atoms with Gasteiger partial charge in [0.05, 0.1) is 4.91 Å². The van der Waals surface area contributed by atoms with Crippen molar-refractivity contribution in [1.82, 2.24) is 4.90 Å². The van der Waals surface area contributed by atoms with Gasteiger partial charge < -0.3 is 10.1 Å². The molecule has 0 radical (unpaired) electrons. The van der Waals surface area contributed by atoms with Crippen LogP contribution >= 0.6 is 23.4 Å². The number of carbonyl (C=O) groups is 3. The minimum Gasteiger partial charge on any atom is -0.489 e. The van der Waals surface area contributed by atoms with Gasteiger partial charge in [0.25, 0.3) is 11.1 Å². The van der Waals surface area contributed by atoms with E-state index in [1.165, 1.54) is 0 Å². The van der Waals surface area contributed by atoms with Crippen molar-refractivity contribution < 1.29 is 19.1 Å². The number of nitrogens with one attached hydrogen (secondary N) is 1. The molecule has 6 nitrogen and oxygen atoms in total. The second-order valence-electron chi connectivity index (χ2n) is 7.63. The quantitative estimate of drug-likeness (QED) is 0.415. The molecule has 0 atom stereocenters. The Hall–Kier alpha value is -3.55. The maximum absolute atomic E-state index is 12.8. The van der Waals surface area contributed by atoms with Crippen LogP contribution in [0.2, 0.25) is 5.02 Å². The number of anilines is 1. The molecule has 3 amide bonds. The number of benzene rings is 3. The summed E-state index contributed by atoms with van der Waals surface area (Å²) >= 11 is 6.88. The number of nitrogens with zero attached hydrogens (tertiary/aromatic N) is 1. The second kappa shape index (κ2) is 10.6. The summed E-state index contributed by atoms with van der Waals surface area (Å²) in [4.78, 5) is 38.8. The largest absolute Gasteiger partial charge is 0.489 e. The van der Waals surface area contributed by atoms with Crippen molar-refractivity contribution in [1.29, 1.82) is 0 Å². The topological polar surface area (TPSA) is 75.7 Å². The van der Waals surface area contributed by atoms with Gasteiger partial charge in [-0.05, 0) is 65.7 Å². The van der Waals surface area contributed by atoms with E-state index in [0.29, 0.717) is 23.1 Å². The Morgan fingerprint density at radius 3 is 2.62 bits per heavy atom. The third-order valence-corrected chi connectivity index (χ3v) is 6.35. The summed E-state index contributed by atoms with van der Waals surface area (Å²) in [6.45, 7) is 1.89. The van der Waals surface area contributed by atoms with Gasteiger partial charge in [-0.25, -0.2) is 0 Å². The van der Waals surface area contributed by atoms with Gasteiger partial charge in [0, 0.05) is 10.7 Å². The molecule has 1 fully saturated rings. The molecule has 3 aromatic rings. The first-order valence-electron chi connectivity index (χ1n) is 10.5. The summed E-state index contributed by atoms with van der Waals surface area (Å²) in [5.41, 5.74) is 3.13. The van der Waals surface area contributed by atoms with Gasteiger partial charge in [-0.1, -0.05) is 60.1 Å². The lowest BCUT2D eigenvalue weighted by Gasteiger charge is -2.13. The molecule has 1 heterocycles. The smallest absolute Gasteiger partial charge is 0.294 e. The Kier molecular flexibility index (Phi) is 7.35. The summed E-state index contributed by atoms with van der Waals surface area (Å²) in [6.07, 6.45) is 1.62. The molecular formula is C26H21ClN2O4S. The Labute approximate surface area is 206 Å². The van der Waals surface area contributed by atoms with Gasteiger partial charge in [0.2, 0.25) is 5.91 Å². The van der Waals surface area contributed by atoms with Crippen molar-refractivity contribution in [2.24, 2.45) is 0 Å². The molecular weight excluding hydrogens is 472 g/mol. The molecule has 172 valence electrons. The number of carbonyl (C=O) groups excluding carboxylic acids is 3. The molecule has 4 rings (SSSR count). The fourth-order valence-electron chi connectivity index (χ4n) is 3.24. The first-order valence-corrected chi connectivity index (χ1v) is 11.7. The second-order valence-corrected chi connectivity index (χ2v) is 9.03. The zero-order chi connectivity index (χ0) is 24.1. The number of ether oxygens (including phenoxy) is 1. The predicted molar refractivity (Wildman–Crippen MR) is 135 cm³/mol. The van der Waals surface area contributed by atoms with Gasteiger partial charge >= 0.3 is 0 Å². The zero-order valence-electron chi connectivity index (χ0n) is 18.3. The van der Waals surface area contributed by atoms with Crippen molar-refractivity contribution >= 4 is 52.2 Å². The van der Waals surface area contributed by atoms with Gasteiger partial charge in [-0.2, -0.15) is 0 Å². The van der Waals surface area contributed by atoms with Crippen molar-refractivity contribution in [2.75, 3.05) is 11.9 Å². The first kappa shape index (κ1) is 23.6. The Morgan fingerprint density at radius 1 is 1.06 bits per heavy atom. The minimum atomic E-state index is -0.511. The molecule has 0 aromatic heterocycles. The summed E-state index contributed by atoms with van der Waals surface area (Å²) < 4.78 is 5.83. The van der Waals surface area contributed by atoms with Gasteiger partial charge in [0.1, 0.15) is 18.9 Å². The fraction of sp³-hybridized carbons (Fsp3) is 0.115. The van der Waals surface area contributed by atoms with E-state index in [9.17, 15) is 14.4 Å². The number of imide groups is 1. The highest BCUT2D eigenvalue weighted by Gasteiger charge is 2.36. The molecule has 1 aliphatic heterocycles. The third-order valence-electron chi connectivity index (χ3n) is 5.04. The van der Waals surface area contributed by atoms with Gasteiger partial charge in [-0.15, -0.1) is 0 Å². The molecule has 1 N–H and O–H groups in total. The van der Waals surface area contributed by atoms with E-state index in [-0.39, 0.29) is 11.4 Å². The van der Waals surface area contributed by atoms with Crippen LogP contribution in [0, 0.1) is 6.92 Å². The number of thioether (sulfide) groups is 1. The van der Waals surface area contributed by atoms with Crippen LogP contribution in [0.15, 0.2) is 77.7 Å². The maximum atomic E-state index is 12.8. The summed E-state index contributed by atoms with van der Waals surface area (Å²) in [7, 11) is 0. The Balaban J connectivity index is 1.40. The van der Waals surface area contributed by atoms with Crippen molar-refractivity contribution in [3.8, 4) is 5.75 Å². The number of rotatable bonds is 7. The van der Waals surface area contributed by atoms with Crippen LogP contribution in [0.1, 0.15) is 16.7 Å². The Bertz CT molecular complexity index is 1280. The van der Waals surface area contributed by atoms with Gasteiger partial charge in [-0.3, -0.25) is 19.3 Å². The number of halogens is 1. The molecule has 3 aromatic carbocycles. The van der Waals surface area contributed by atoms with E-state index in [1.807, 2.05) is 55.5 Å². The van der Waals surface area contributed by atoms with E-state index in [4.69, 9.17) is 16.3 Å². The van der Waals surface area contributed by atoms with Crippen LogP contribution in [-0.4, -0.2) is 28.5 Å².